The Bertz CT molecular complexity index is 1040. The number of benzene rings is 2. The van der Waals surface area contributed by atoms with Crippen LogP contribution in [-0.2, 0) is 10.0 Å². The Morgan fingerprint density at radius 2 is 1.73 bits per heavy atom. The molecule has 0 radical (unpaired) electrons. The van der Waals surface area contributed by atoms with E-state index in [2.05, 4.69) is 31.0 Å². The number of halogens is 1. The lowest BCUT2D eigenvalue weighted by Crippen LogP contribution is -2.18. The Kier molecular flexibility index (Phi) is 5.24. The van der Waals surface area contributed by atoms with E-state index in [1.807, 2.05) is 44.2 Å². The van der Waals surface area contributed by atoms with Crippen LogP contribution in [0, 0.1) is 13.8 Å². The van der Waals surface area contributed by atoms with Crippen molar-refractivity contribution < 1.29 is 8.42 Å². The Morgan fingerprint density at radius 3 is 2.38 bits per heavy atom. The maximum Gasteiger partial charge on any atom is 0.276 e. The molecular formula is C18H17BrN4O2S. The first-order valence-electron chi connectivity index (χ1n) is 7.80. The number of sulfonamides is 1. The number of hydrogen-bond acceptors (Lipinski definition) is 4. The molecule has 0 aliphatic carbocycles. The van der Waals surface area contributed by atoms with Crippen LogP contribution in [0.2, 0.25) is 0 Å². The molecule has 0 fully saturated rings. The van der Waals surface area contributed by atoms with Crippen LogP contribution in [-0.4, -0.2) is 24.4 Å². The molecule has 134 valence electrons. The molecule has 0 spiro atoms. The van der Waals surface area contributed by atoms with E-state index >= 15 is 0 Å². The molecule has 8 heteroatoms. The van der Waals surface area contributed by atoms with Crippen LogP contribution >= 0.6 is 15.9 Å². The van der Waals surface area contributed by atoms with Crippen molar-refractivity contribution in [1.82, 2.24) is 14.6 Å². The lowest BCUT2D eigenvalue weighted by atomic mass is 10.2. The summed E-state index contributed by atoms with van der Waals surface area (Å²) < 4.78 is 27.1. The molecule has 0 saturated carbocycles. The Morgan fingerprint density at radius 1 is 1.08 bits per heavy atom. The quantitative estimate of drug-likeness (QED) is 0.494. The summed E-state index contributed by atoms with van der Waals surface area (Å²) in [5, 5.41) is 8.42. The molecule has 0 saturated heterocycles. The number of rotatable bonds is 5. The fourth-order valence-electron chi connectivity index (χ4n) is 2.49. The summed E-state index contributed by atoms with van der Waals surface area (Å²) in [6.45, 7) is 3.77. The number of nitrogens with one attached hydrogen (secondary N) is 1. The molecule has 26 heavy (non-hydrogen) atoms. The van der Waals surface area contributed by atoms with Crippen LogP contribution in [0.3, 0.4) is 0 Å². The number of hydrazone groups is 1. The van der Waals surface area contributed by atoms with Gasteiger partial charge in [-0.3, -0.25) is 0 Å². The smallest absolute Gasteiger partial charge is 0.237 e. The summed E-state index contributed by atoms with van der Waals surface area (Å²) in [6.07, 6.45) is 1.48. The first-order chi connectivity index (χ1) is 12.4. The molecule has 0 aliphatic rings. The highest BCUT2D eigenvalue weighted by Crippen LogP contribution is 2.17. The second-order valence-electron chi connectivity index (χ2n) is 5.64. The van der Waals surface area contributed by atoms with Crippen molar-refractivity contribution in [3.63, 3.8) is 0 Å². The largest absolute Gasteiger partial charge is 0.276 e. The predicted octanol–water partition coefficient (Wildman–Crippen LogP) is 3.56. The second kappa shape index (κ2) is 7.43. The topological polar surface area (TPSA) is 76.3 Å². The van der Waals surface area contributed by atoms with Crippen LogP contribution < -0.4 is 4.83 Å². The predicted molar refractivity (Wildman–Crippen MR) is 105 cm³/mol. The van der Waals surface area contributed by atoms with Crippen molar-refractivity contribution in [1.29, 1.82) is 0 Å². The number of para-hydroxylation sites is 1. The first-order valence-corrected chi connectivity index (χ1v) is 10.1. The van der Waals surface area contributed by atoms with Gasteiger partial charge in [-0.2, -0.15) is 18.6 Å². The summed E-state index contributed by atoms with van der Waals surface area (Å²) in [5.74, 6) is 0. The molecule has 1 heterocycles. The van der Waals surface area contributed by atoms with E-state index in [1.165, 1.54) is 18.3 Å². The van der Waals surface area contributed by atoms with E-state index in [0.717, 1.165) is 27.1 Å². The second-order valence-corrected chi connectivity index (χ2v) is 8.22. The lowest BCUT2D eigenvalue weighted by molar-refractivity contribution is 0.584. The van der Waals surface area contributed by atoms with Crippen LogP contribution in [0.1, 0.15) is 17.0 Å². The molecule has 0 unspecified atom stereocenters. The highest BCUT2D eigenvalue weighted by Gasteiger charge is 2.14. The normalized spacial score (nSPS) is 11.8. The molecule has 0 atom stereocenters. The minimum Gasteiger partial charge on any atom is -0.237 e. The summed E-state index contributed by atoms with van der Waals surface area (Å²) >= 11 is 3.28. The van der Waals surface area contributed by atoms with Gasteiger partial charge in [0.2, 0.25) is 0 Å². The number of hydrogen-bond donors (Lipinski definition) is 1. The van der Waals surface area contributed by atoms with Crippen molar-refractivity contribution in [2.45, 2.75) is 18.7 Å². The van der Waals surface area contributed by atoms with E-state index in [1.54, 1.807) is 16.8 Å². The molecule has 2 aromatic carbocycles. The molecule has 3 rings (SSSR count). The monoisotopic (exact) mass is 432 g/mol. The molecule has 3 aromatic rings. The number of aromatic nitrogens is 2. The molecule has 1 N–H and O–H groups in total. The van der Waals surface area contributed by atoms with Crippen LogP contribution in [0.25, 0.3) is 5.69 Å². The molecule has 0 aliphatic heterocycles. The number of aryl methyl sites for hydroxylation is 1. The highest BCUT2D eigenvalue weighted by molar-refractivity contribution is 9.10. The minimum atomic E-state index is -3.71. The fraction of sp³-hybridized carbons (Fsp3) is 0.111. The van der Waals surface area contributed by atoms with Crippen LogP contribution in [0.5, 0.6) is 0 Å². The van der Waals surface area contributed by atoms with E-state index in [0.29, 0.717) is 0 Å². The Hall–Kier alpha value is -2.45. The molecule has 0 amide bonds. The summed E-state index contributed by atoms with van der Waals surface area (Å²) in [5.41, 5.74) is 3.34. The Labute approximate surface area is 160 Å². The van der Waals surface area contributed by atoms with Crippen molar-refractivity contribution in [2.75, 3.05) is 0 Å². The summed E-state index contributed by atoms with van der Waals surface area (Å²) in [7, 11) is -3.71. The average molecular weight is 433 g/mol. The molecule has 1 aromatic heterocycles. The molecule has 0 bridgehead atoms. The van der Waals surface area contributed by atoms with Gasteiger partial charge in [0.25, 0.3) is 10.0 Å². The standard InChI is InChI=1S/C18H17BrN4O2S/c1-13-18(14(2)23(21-13)16-6-4-3-5-7-16)12-20-22-26(24,25)17-10-8-15(19)9-11-17/h3-12,22H,1-2H3/b20-12+. The van der Waals surface area contributed by atoms with Crippen molar-refractivity contribution in [2.24, 2.45) is 5.10 Å². The Balaban J connectivity index is 1.83. The van der Waals surface area contributed by atoms with Gasteiger partial charge in [0.05, 0.1) is 28.2 Å². The third-order valence-electron chi connectivity index (χ3n) is 3.84. The third-order valence-corrected chi connectivity index (χ3v) is 5.61. The van der Waals surface area contributed by atoms with Gasteiger partial charge in [0.15, 0.2) is 0 Å². The van der Waals surface area contributed by atoms with Crippen LogP contribution in [0.15, 0.2) is 69.1 Å². The van der Waals surface area contributed by atoms with Gasteiger partial charge in [-0.25, -0.2) is 9.51 Å². The van der Waals surface area contributed by atoms with Gasteiger partial charge in [-0.15, -0.1) is 0 Å². The average Bonchev–Trinajstić information content (AvgIpc) is 2.91. The van der Waals surface area contributed by atoms with E-state index < -0.39 is 10.0 Å². The highest BCUT2D eigenvalue weighted by atomic mass is 79.9. The third kappa shape index (κ3) is 3.86. The zero-order valence-electron chi connectivity index (χ0n) is 14.2. The van der Waals surface area contributed by atoms with E-state index in [-0.39, 0.29) is 4.90 Å². The zero-order chi connectivity index (χ0) is 18.7. The molecular weight excluding hydrogens is 416 g/mol. The van der Waals surface area contributed by atoms with Crippen LogP contribution in [0.4, 0.5) is 0 Å². The van der Waals surface area contributed by atoms with Gasteiger partial charge >= 0.3 is 0 Å². The van der Waals surface area contributed by atoms with Gasteiger partial charge < -0.3 is 0 Å². The molecule has 6 nitrogen and oxygen atoms in total. The van der Waals surface area contributed by atoms with E-state index in [4.69, 9.17) is 0 Å². The van der Waals surface area contributed by atoms with Crippen molar-refractivity contribution in [3.8, 4) is 5.69 Å². The van der Waals surface area contributed by atoms with Crippen molar-refractivity contribution >= 4 is 32.2 Å². The maximum absolute atomic E-state index is 12.3. The fourth-order valence-corrected chi connectivity index (χ4v) is 3.54. The van der Waals surface area contributed by atoms with Gasteiger partial charge in [-0.05, 0) is 50.2 Å². The first kappa shape index (κ1) is 18.3. The minimum absolute atomic E-state index is 0.145. The van der Waals surface area contributed by atoms with Crippen molar-refractivity contribution in [3.05, 3.63) is 76.0 Å². The SMILES string of the molecule is Cc1nn(-c2ccccc2)c(C)c1/C=N/NS(=O)(=O)c1ccc(Br)cc1. The van der Waals surface area contributed by atoms with Gasteiger partial charge in [0.1, 0.15) is 0 Å². The van der Waals surface area contributed by atoms with E-state index in [9.17, 15) is 8.42 Å². The maximum atomic E-state index is 12.3. The lowest BCUT2D eigenvalue weighted by Gasteiger charge is -2.04. The van der Waals surface area contributed by atoms with Gasteiger partial charge in [0, 0.05) is 10.0 Å². The summed E-state index contributed by atoms with van der Waals surface area (Å²) in [6, 6.07) is 16.1. The zero-order valence-corrected chi connectivity index (χ0v) is 16.6. The number of nitrogens with zero attached hydrogens (tertiary/aromatic N) is 3. The van der Waals surface area contributed by atoms with Gasteiger partial charge in [-0.1, -0.05) is 34.1 Å². The summed E-state index contributed by atoms with van der Waals surface area (Å²) in [4.78, 5) is 2.38.